The molecule has 3 aromatic rings. The maximum absolute atomic E-state index is 14.7. The van der Waals surface area contributed by atoms with Crippen molar-refractivity contribution in [3.8, 4) is 0 Å². The zero-order valence-corrected chi connectivity index (χ0v) is 19.0. The van der Waals surface area contributed by atoms with Gasteiger partial charge in [-0.1, -0.05) is 18.2 Å². The van der Waals surface area contributed by atoms with Crippen LogP contribution in [0, 0.1) is 11.7 Å². The van der Waals surface area contributed by atoms with Gasteiger partial charge in [-0.3, -0.25) is 14.2 Å². The predicted molar refractivity (Wildman–Crippen MR) is 120 cm³/mol. The number of likely N-dealkylation sites (tertiary alicyclic amines) is 1. The Morgan fingerprint density at radius 1 is 1.26 bits per heavy atom. The van der Waals surface area contributed by atoms with Crippen molar-refractivity contribution < 1.29 is 18.0 Å². The van der Waals surface area contributed by atoms with Gasteiger partial charge >= 0.3 is 0 Å². The van der Waals surface area contributed by atoms with Crippen LogP contribution in [0.5, 0.6) is 0 Å². The number of benzene rings is 1. The van der Waals surface area contributed by atoms with E-state index < -0.39 is 23.8 Å². The van der Waals surface area contributed by atoms with Crippen LogP contribution in [0.2, 0.25) is 0 Å². The third-order valence-electron chi connectivity index (χ3n) is 7.25. The monoisotopic (exact) mass is 471 g/mol. The van der Waals surface area contributed by atoms with Crippen molar-refractivity contribution in [2.75, 3.05) is 18.4 Å². The quantitative estimate of drug-likeness (QED) is 0.614. The highest BCUT2D eigenvalue weighted by molar-refractivity contribution is 5.87. The average molecular weight is 471 g/mol. The second-order valence-electron chi connectivity index (χ2n) is 9.26. The zero-order valence-electron chi connectivity index (χ0n) is 19.0. The molecule has 1 saturated carbocycles. The van der Waals surface area contributed by atoms with Gasteiger partial charge in [-0.15, -0.1) is 0 Å². The predicted octanol–water partition coefficient (Wildman–Crippen LogP) is 3.70. The molecule has 10 heteroatoms. The van der Waals surface area contributed by atoms with E-state index in [4.69, 9.17) is 0 Å². The number of aromatic nitrogens is 3. The number of fused-ring (bicyclic) bond motifs is 2. The number of halogens is 3. The number of rotatable bonds is 5. The molecule has 1 amide bonds. The molecular weight excluding hydrogens is 447 g/mol. The van der Waals surface area contributed by atoms with Gasteiger partial charge in [-0.2, -0.15) is 0 Å². The Morgan fingerprint density at radius 2 is 2.00 bits per heavy atom. The first-order chi connectivity index (χ1) is 16.1. The van der Waals surface area contributed by atoms with Crippen LogP contribution in [-0.4, -0.2) is 38.4 Å². The van der Waals surface area contributed by atoms with E-state index in [2.05, 4.69) is 15.3 Å². The SMILES string of the molecule is CC(=O)N1CC2CC2(c2cc3c(N[C@H](C)c4cccc(C(F)F)c4F)ncnc3n(C)c2=O)C1. The van der Waals surface area contributed by atoms with Crippen LogP contribution < -0.4 is 10.9 Å². The number of carbonyl (C=O) groups excluding carboxylic acids is 1. The first-order valence-electron chi connectivity index (χ1n) is 11.1. The van der Waals surface area contributed by atoms with Crippen molar-refractivity contribution in [1.29, 1.82) is 0 Å². The third kappa shape index (κ3) is 3.35. The summed E-state index contributed by atoms with van der Waals surface area (Å²) < 4.78 is 42.5. The highest BCUT2D eigenvalue weighted by Crippen LogP contribution is 2.58. The summed E-state index contributed by atoms with van der Waals surface area (Å²) in [6.07, 6.45) is -0.792. The molecule has 3 heterocycles. The summed E-state index contributed by atoms with van der Waals surface area (Å²) in [5.74, 6) is -0.380. The standard InChI is InChI=1S/C24H24F3N5O2/c1-12(15-5-4-6-16(19(15)25)20(26)27)30-21-17-7-18(23(34)31(3)22(17)29-11-28-21)24-8-14(24)9-32(10-24)13(2)33/h4-7,11-12,14,20H,8-10H2,1-3H3,(H,28,29,30)/t12-,14?,24?/m1/s1. The Bertz CT molecular complexity index is 1370. The second-order valence-corrected chi connectivity index (χ2v) is 9.26. The Balaban J connectivity index is 1.56. The number of alkyl halides is 2. The van der Waals surface area contributed by atoms with Crippen molar-refractivity contribution >= 4 is 22.8 Å². The van der Waals surface area contributed by atoms with Crippen LogP contribution >= 0.6 is 0 Å². The number of hydrogen-bond acceptors (Lipinski definition) is 5. The van der Waals surface area contributed by atoms with E-state index in [1.807, 2.05) is 0 Å². The highest BCUT2D eigenvalue weighted by atomic mass is 19.3. The minimum absolute atomic E-state index is 0.0169. The van der Waals surface area contributed by atoms with E-state index in [-0.39, 0.29) is 28.4 Å². The number of nitrogens with one attached hydrogen (secondary N) is 1. The lowest BCUT2D eigenvalue weighted by molar-refractivity contribution is -0.128. The van der Waals surface area contributed by atoms with Gasteiger partial charge in [0.15, 0.2) is 0 Å². The van der Waals surface area contributed by atoms with Crippen LogP contribution in [0.25, 0.3) is 11.0 Å². The van der Waals surface area contributed by atoms with E-state index in [0.29, 0.717) is 35.5 Å². The Hall–Kier alpha value is -3.43. The molecule has 2 aromatic heterocycles. The largest absolute Gasteiger partial charge is 0.363 e. The molecule has 178 valence electrons. The van der Waals surface area contributed by atoms with Crippen LogP contribution in [-0.2, 0) is 17.3 Å². The van der Waals surface area contributed by atoms with Gasteiger partial charge in [-0.05, 0) is 25.3 Å². The molecule has 3 atom stereocenters. The topological polar surface area (TPSA) is 80.1 Å². The summed E-state index contributed by atoms with van der Waals surface area (Å²) in [6.45, 7) is 4.30. The maximum Gasteiger partial charge on any atom is 0.266 e. The molecule has 0 spiro atoms. The molecule has 1 N–H and O–H groups in total. The molecule has 2 aliphatic rings. The Labute approximate surface area is 193 Å². The normalized spacial score (nSPS) is 22.2. The second kappa shape index (κ2) is 7.82. The minimum Gasteiger partial charge on any atom is -0.363 e. The van der Waals surface area contributed by atoms with Crippen LogP contribution in [0.15, 0.2) is 35.4 Å². The van der Waals surface area contributed by atoms with E-state index in [0.717, 1.165) is 12.5 Å². The molecule has 1 aliphatic carbocycles. The summed E-state index contributed by atoms with van der Waals surface area (Å²) in [7, 11) is 1.63. The lowest BCUT2D eigenvalue weighted by atomic mass is 9.95. The summed E-state index contributed by atoms with van der Waals surface area (Å²) in [6, 6.07) is 5.00. The number of carbonyl (C=O) groups is 1. The first-order valence-corrected chi connectivity index (χ1v) is 11.1. The van der Waals surface area contributed by atoms with E-state index in [1.165, 1.54) is 30.0 Å². The van der Waals surface area contributed by atoms with Crippen molar-refractivity contribution in [3.63, 3.8) is 0 Å². The lowest BCUT2D eigenvalue weighted by Gasteiger charge is -2.21. The fraction of sp³-hybridized carbons (Fsp3) is 0.417. The molecule has 0 radical (unpaired) electrons. The molecule has 1 saturated heterocycles. The first kappa shape index (κ1) is 22.4. The third-order valence-corrected chi connectivity index (χ3v) is 7.25. The number of hydrogen-bond donors (Lipinski definition) is 1. The summed E-state index contributed by atoms with van der Waals surface area (Å²) in [5.41, 5.74) is -0.121. The molecule has 2 unspecified atom stereocenters. The number of nitrogens with zero attached hydrogens (tertiary/aromatic N) is 4. The molecule has 1 aromatic carbocycles. The number of pyridine rings is 1. The van der Waals surface area contributed by atoms with Gasteiger partial charge in [0.2, 0.25) is 5.91 Å². The molecule has 2 fully saturated rings. The van der Waals surface area contributed by atoms with Gasteiger partial charge in [0.1, 0.15) is 23.6 Å². The van der Waals surface area contributed by atoms with Gasteiger partial charge in [-0.25, -0.2) is 23.1 Å². The summed E-state index contributed by atoms with van der Waals surface area (Å²) >= 11 is 0. The fourth-order valence-electron chi connectivity index (χ4n) is 5.24. The molecule has 1 aliphatic heterocycles. The van der Waals surface area contributed by atoms with Crippen molar-refractivity contribution in [1.82, 2.24) is 19.4 Å². The van der Waals surface area contributed by atoms with Crippen LogP contribution in [0.4, 0.5) is 19.0 Å². The zero-order chi connectivity index (χ0) is 24.4. The van der Waals surface area contributed by atoms with Gasteiger partial charge in [0, 0.05) is 43.6 Å². The highest BCUT2D eigenvalue weighted by Gasteiger charge is 2.62. The molecule has 0 bridgehead atoms. The van der Waals surface area contributed by atoms with E-state index in [1.54, 1.807) is 24.9 Å². The molecule has 34 heavy (non-hydrogen) atoms. The number of piperidine rings is 1. The van der Waals surface area contributed by atoms with Crippen LogP contribution in [0.3, 0.4) is 0 Å². The number of amides is 1. The average Bonchev–Trinajstić information content (AvgIpc) is 3.36. The van der Waals surface area contributed by atoms with Gasteiger partial charge < -0.3 is 10.2 Å². The fourth-order valence-corrected chi connectivity index (χ4v) is 5.24. The van der Waals surface area contributed by atoms with Crippen LogP contribution in [0.1, 0.15) is 49.4 Å². The van der Waals surface area contributed by atoms with Gasteiger partial charge in [0.25, 0.3) is 12.0 Å². The smallest absolute Gasteiger partial charge is 0.266 e. The summed E-state index contributed by atoms with van der Waals surface area (Å²) in [5, 5.41) is 3.68. The van der Waals surface area contributed by atoms with Crippen molar-refractivity contribution in [2.45, 2.75) is 38.2 Å². The summed E-state index contributed by atoms with van der Waals surface area (Å²) in [4.78, 5) is 35.5. The van der Waals surface area contributed by atoms with E-state index >= 15 is 0 Å². The van der Waals surface area contributed by atoms with E-state index in [9.17, 15) is 22.8 Å². The van der Waals surface area contributed by atoms with Crippen molar-refractivity contribution in [2.24, 2.45) is 13.0 Å². The molecule has 5 rings (SSSR count). The van der Waals surface area contributed by atoms with Gasteiger partial charge in [0.05, 0.1) is 17.0 Å². The molecule has 7 nitrogen and oxygen atoms in total. The number of anilines is 1. The number of aryl methyl sites for hydroxylation is 1. The van der Waals surface area contributed by atoms with Crippen molar-refractivity contribution in [3.05, 3.63) is 63.5 Å². The molecular formula is C24H24F3N5O2. The maximum atomic E-state index is 14.7. The Kier molecular flexibility index (Phi) is 5.14. The minimum atomic E-state index is -2.92. The Morgan fingerprint density at radius 3 is 2.68 bits per heavy atom. The lowest BCUT2D eigenvalue weighted by Crippen LogP contribution is -2.34.